The number of para-hydroxylation sites is 1. The Kier molecular flexibility index (Phi) is 7.28. The molecule has 0 aliphatic carbocycles. The van der Waals surface area contributed by atoms with Crippen molar-refractivity contribution >= 4 is 5.91 Å². The van der Waals surface area contributed by atoms with Gasteiger partial charge in [0.2, 0.25) is 5.91 Å². The van der Waals surface area contributed by atoms with E-state index in [1.807, 2.05) is 55.5 Å². The Morgan fingerprint density at radius 3 is 2.68 bits per heavy atom. The number of carbonyl (C=O) groups excluding carboxylic acids is 1. The molecule has 0 fully saturated rings. The van der Waals surface area contributed by atoms with Crippen LogP contribution in [-0.4, -0.2) is 49.5 Å². The number of carbonyl (C=O) groups is 1. The van der Waals surface area contributed by atoms with Crippen LogP contribution in [0.3, 0.4) is 0 Å². The number of rotatable bonds is 9. The molecule has 3 N–H and O–H groups in total. The monoisotopic (exact) mass is 384 g/mol. The third-order valence-electron chi connectivity index (χ3n) is 4.62. The molecule has 0 saturated carbocycles. The standard InChI is InChI=1S/C22H28N2O4/c1-16(14-24-21(26)12-17-6-3-2-4-7-17)23-15-19(25)13-18-8-5-9-20-22(18)28-11-10-27-20/h2-9,16,19,23,25H,10-15H2,1H3,(H,24,26). The van der Waals surface area contributed by atoms with E-state index in [4.69, 9.17) is 9.47 Å². The highest BCUT2D eigenvalue weighted by molar-refractivity contribution is 5.78. The summed E-state index contributed by atoms with van der Waals surface area (Å²) in [6.45, 7) is 4.00. The molecule has 0 bridgehead atoms. The van der Waals surface area contributed by atoms with Gasteiger partial charge in [-0.1, -0.05) is 42.5 Å². The minimum atomic E-state index is -0.556. The number of aliphatic hydroxyl groups excluding tert-OH is 1. The molecule has 0 aromatic heterocycles. The third kappa shape index (κ3) is 5.97. The minimum absolute atomic E-state index is 0.00605. The molecule has 1 aliphatic rings. The van der Waals surface area contributed by atoms with Crippen molar-refractivity contribution in [3.63, 3.8) is 0 Å². The zero-order chi connectivity index (χ0) is 19.8. The summed E-state index contributed by atoms with van der Waals surface area (Å²) >= 11 is 0. The van der Waals surface area contributed by atoms with Gasteiger partial charge in [0.15, 0.2) is 11.5 Å². The first-order valence-corrected chi connectivity index (χ1v) is 9.71. The lowest BCUT2D eigenvalue weighted by Gasteiger charge is -2.22. The van der Waals surface area contributed by atoms with Gasteiger partial charge in [0.1, 0.15) is 13.2 Å². The fourth-order valence-electron chi connectivity index (χ4n) is 3.14. The molecule has 28 heavy (non-hydrogen) atoms. The second-order valence-electron chi connectivity index (χ2n) is 7.08. The van der Waals surface area contributed by atoms with Gasteiger partial charge in [-0.05, 0) is 18.6 Å². The van der Waals surface area contributed by atoms with Gasteiger partial charge in [-0.2, -0.15) is 0 Å². The van der Waals surface area contributed by atoms with Crippen molar-refractivity contribution in [2.45, 2.75) is 31.9 Å². The smallest absolute Gasteiger partial charge is 0.224 e. The van der Waals surface area contributed by atoms with Crippen molar-refractivity contribution in [3.05, 3.63) is 59.7 Å². The van der Waals surface area contributed by atoms with Gasteiger partial charge in [-0.3, -0.25) is 4.79 Å². The Bertz CT molecular complexity index is 766. The van der Waals surface area contributed by atoms with E-state index in [1.54, 1.807) is 0 Å². The van der Waals surface area contributed by atoms with Crippen LogP contribution in [0, 0.1) is 0 Å². The normalized spacial score (nSPS) is 14.9. The van der Waals surface area contributed by atoms with Gasteiger partial charge in [0.05, 0.1) is 12.5 Å². The number of aliphatic hydroxyl groups is 1. The van der Waals surface area contributed by atoms with Crippen LogP contribution in [0.1, 0.15) is 18.1 Å². The second kappa shape index (κ2) is 10.1. The number of hydrogen-bond acceptors (Lipinski definition) is 5. The molecule has 0 radical (unpaired) electrons. The summed E-state index contributed by atoms with van der Waals surface area (Å²) in [7, 11) is 0. The molecule has 2 aromatic carbocycles. The van der Waals surface area contributed by atoms with Gasteiger partial charge >= 0.3 is 0 Å². The molecule has 0 saturated heterocycles. The Labute approximate surface area is 165 Å². The highest BCUT2D eigenvalue weighted by Gasteiger charge is 2.18. The highest BCUT2D eigenvalue weighted by atomic mass is 16.6. The van der Waals surface area contributed by atoms with E-state index in [0.717, 1.165) is 22.6 Å². The Balaban J connectivity index is 1.38. The quantitative estimate of drug-likeness (QED) is 0.613. The summed E-state index contributed by atoms with van der Waals surface area (Å²) in [5.74, 6) is 1.46. The molecule has 6 nitrogen and oxygen atoms in total. The molecule has 6 heteroatoms. The first-order chi connectivity index (χ1) is 13.6. The maximum absolute atomic E-state index is 12.0. The van der Waals surface area contributed by atoms with E-state index in [9.17, 15) is 9.90 Å². The largest absolute Gasteiger partial charge is 0.486 e. The van der Waals surface area contributed by atoms with Crippen molar-refractivity contribution < 1.29 is 19.4 Å². The maximum Gasteiger partial charge on any atom is 0.224 e. The van der Waals surface area contributed by atoms with Crippen LogP contribution in [0.15, 0.2) is 48.5 Å². The first kappa shape index (κ1) is 20.2. The van der Waals surface area contributed by atoms with E-state index in [2.05, 4.69) is 10.6 Å². The van der Waals surface area contributed by atoms with Gasteiger partial charge in [-0.25, -0.2) is 0 Å². The van der Waals surface area contributed by atoms with Crippen molar-refractivity contribution in [2.75, 3.05) is 26.3 Å². The fourth-order valence-corrected chi connectivity index (χ4v) is 3.14. The first-order valence-electron chi connectivity index (χ1n) is 9.71. The Morgan fingerprint density at radius 2 is 1.86 bits per heavy atom. The lowest BCUT2D eigenvalue weighted by molar-refractivity contribution is -0.120. The van der Waals surface area contributed by atoms with E-state index in [-0.39, 0.29) is 11.9 Å². The lowest BCUT2D eigenvalue weighted by Crippen LogP contribution is -2.42. The summed E-state index contributed by atoms with van der Waals surface area (Å²) in [4.78, 5) is 12.0. The average molecular weight is 384 g/mol. The number of ether oxygens (including phenoxy) is 2. The van der Waals surface area contributed by atoms with E-state index < -0.39 is 6.10 Å². The van der Waals surface area contributed by atoms with Crippen LogP contribution < -0.4 is 20.1 Å². The van der Waals surface area contributed by atoms with Crippen molar-refractivity contribution in [1.82, 2.24) is 10.6 Å². The molecule has 2 atom stereocenters. The lowest BCUT2D eigenvalue weighted by atomic mass is 10.1. The predicted molar refractivity (Wildman–Crippen MR) is 108 cm³/mol. The molecule has 2 aromatic rings. The number of hydrogen-bond donors (Lipinski definition) is 3. The van der Waals surface area contributed by atoms with E-state index in [0.29, 0.717) is 39.1 Å². The molecule has 1 amide bonds. The van der Waals surface area contributed by atoms with Crippen molar-refractivity contribution in [1.29, 1.82) is 0 Å². The van der Waals surface area contributed by atoms with Crippen LogP contribution in [-0.2, 0) is 17.6 Å². The number of fused-ring (bicyclic) bond motifs is 1. The summed E-state index contributed by atoms with van der Waals surface area (Å²) in [5.41, 5.74) is 1.93. The number of amides is 1. The summed E-state index contributed by atoms with van der Waals surface area (Å²) in [6.07, 6.45) is 0.295. The fraction of sp³-hybridized carbons (Fsp3) is 0.409. The van der Waals surface area contributed by atoms with Crippen LogP contribution in [0.2, 0.25) is 0 Å². The zero-order valence-electron chi connectivity index (χ0n) is 16.2. The maximum atomic E-state index is 12.0. The molecular formula is C22H28N2O4. The Morgan fingerprint density at radius 1 is 1.07 bits per heavy atom. The molecule has 2 unspecified atom stereocenters. The molecule has 150 valence electrons. The Hall–Kier alpha value is -2.57. The molecule has 3 rings (SSSR count). The van der Waals surface area contributed by atoms with Gasteiger partial charge in [0.25, 0.3) is 0 Å². The molecule has 1 heterocycles. The van der Waals surface area contributed by atoms with Gasteiger partial charge < -0.3 is 25.2 Å². The van der Waals surface area contributed by atoms with E-state index in [1.165, 1.54) is 0 Å². The summed E-state index contributed by atoms with van der Waals surface area (Å²) in [6, 6.07) is 15.5. The van der Waals surface area contributed by atoms with E-state index >= 15 is 0 Å². The SMILES string of the molecule is CC(CNC(=O)Cc1ccccc1)NCC(O)Cc1cccc2c1OCCO2. The van der Waals surface area contributed by atoms with Crippen LogP contribution >= 0.6 is 0 Å². The highest BCUT2D eigenvalue weighted by Crippen LogP contribution is 2.34. The van der Waals surface area contributed by atoms with Crippen molar-refractivity contribution in [3.8, 4) is 11.5 Å². The topological polar surface area (TPSA) is 79.8 Å². The molecule has 1 aliphatic heterocycles. The van der Waals surface area contributed by atoms with Gasteiger partial charge in [0, 0.05) is 31.1 Å². The minimum Gasteiger partial charge on any atom is -0.486 e. The van der Waals surface area contributed by atoms with Crippen molar-refractivity contribution in [2.24, 2.45) is 0 Å². The predicted octanol–water partition coefficient (Wildman–Crippen LogP) is 1.70. The average Bonchev–Trinajstić information content (AvgIpc) is 2.72. The van der Waals surface area contributed by atoms with Crippen LogP contribution in [0.25, 0.3) is 0 Å². The second-order valence-corrected chi connectivity index (χ2v) is 7.08. The molecular weight excluding hydrogens is 356 g/mol. The third-order valence-corrected chi connectivity index (χ3v) is 4.62. The van der Waals surface area contributed by atoms with Crippen LogP contribution in [0.4, 0.5) is 0 Å². The number of nitrogens with one attached hydrogen (secondary N) is 2. The summed E-state index contributed by atoms with van der Waals surface area (Å²) in [5, 5.41) is 16.6. The number of benzene rings is 2. The molecule has 0 spiro atoms. The van der Waals surface area contributed by atoms with Gasteiger partial charge in [-0.15, -0.1) is 0 Å². The zero-order valence-corrected chi connectivity index (χ0v) is 16.2. The summed E-state index contributed by atoms with van der Waals surface area (Å²) < 4.78 is 11.3. The van der Waals surface area contributed by atoms with Crippen LogP contribution in [0.5, 0.6) is 11.5 Å².